The smallest absolute Gasteiger partial charge is 0.260 e. The van der Waals surface area contributed by atoms with Gasteiger partial charge in [-0.25, -0.2) is 4.98 Å². The number of hydrogen-bond acceptors (Lipinski definition) is 7. The molecule has 8 heteroatoms. The number of aromatic nitrogens is 3. The first-order chi connectivity index (χ1) is 12.1. The minimum absolute atomic E-state index is 0.0284. The zero-order valence-corrected chi connectivity index (χ0v) is 14.3. The van der Waals surface area contributed by atoms with Crippen molar-refractivity contribution in [3.63, 3.8) is 0 Å². The molecule has 25 heavy (non-hydrogen) atoms. The Labute approximate surface area is 146 Å². The third kappa shape index (κ3) is 4.21. The quantitative estimate of drug-likeness (QED) is 0.798. The van der Waals surface area contributed by atoms with Crippen LogP contribution in [0.4, 0.5) is 5.82 Å². The molecule has 132 valence electrons. The Morgan fingerprint density at radius 2 is 2.20 bits per heavy atom. The van der Waals surface area contributed by atoms with Crippen LogP contribution in [-0.2, 0) is 9.53 Å². The summed E-state index contributed by atoms with van der Waals surface area (Å²) in [7, 11) is 3.81. The molecule has 1 saturated heterocycles. The second kappa shape index (κ2) is 7.89. The summed E-state index contributed by atoms with van der Waals surface area (Å²) in [6, 6.07) is 3.53. The van der Waals surface area contributed by atoms with E-state index in [-0.39, 0.29) is 18.6 Å². The number of rotatable bonds is 5. The first-order valence-corrected chi connectivity index (χ1v) is 8.05. The van der Waals surface area contributed by atoms with Crippen LogP contribution >= 0.6 is 0 Å². The first kappa shape index (κ1) is 17.1. The summed E-state index contributed by atoms with van der Waals surface area (Å²) in [5, 5.41) is 0. The maximum absolute atomic E-state index is 12.4. The predicted molar refractivity (Wildman–Crippen MR) is 91.4 cm³/mol. The van der Waals surface area contributed by atoms with Gasteiger partial charge in [0.1, 0.15) is 17.5 Å². The molecule has 0 bridgehead atoms. The van der Waals surface area contributed by atoms with Gasteiger partial charge in [-0.15, -0.1) is 0 Å². The van der Waals surface area contributed by atoms with Crippen molar-refractivity contribution in [2.75, 3.05) is 45.3 Å². The highest BCUT2D eigenvalue weighted by Gasteiger charge is 2.29. The van der Waals surface area contributed by atoms with Crippen LogP contribution in [0, 0.1) is 0 Å². The van der Waals surface area contributed by atoms with Crippen LogP contribution in [0.3, 0.4) is 0 Å². The van der Waals surface area contributed by atoms with Gasteiger partial charge >= 0.3 is 0 Å². The number of carbonyl (C=O) groups excluding carboxylic acids is 1. The number of anilines is 1. The fourth-order valence-electron chi connectivity index (χ4n) is 2.62. The molecule has 0 aliphatic carbocycles. The number of nitrogens with zero attached hydrogens (tertiary/aromatic N) is 5. The summed E-state index contributed by atoms with van der Waals surface area (Å²) in [6.45, 7) is 1.38. The van der Waals surface area contributed by atoms with Gasteiger partial charge in [0.05, 0.1) is 19.3 Å². The SMILES string of the molecule is CN(C)c1nccnc1C1CN(C(=O)COc2cccnc2)CCO1. The largest absolute Gasteiger partial charge is 0.482 e. The zero-order chi connectivity index (χ0) is 17.6. The Morgan fingerprint density at radius 1 is 1.36 bits per heavy atom. The molecule has 8 nitrogen and oxygen atoms in total. The number of carbonyl (C=O) groups is 1. The fourth-order valence-corrected chi connectivity index (χ4v) is 2.62. The third-order valence-corrected chi connectivity index (χ3v) is 3.85. The molecule has 0 spiro atoms. The van der Waals surface area contributed by atoms with Crippen molar-refractivity contribution in [2.24, 2.45) is 0 Å². The number of amides is 1. The van der Waals surface area contributed by atoms with Crippen molar-refractivity contribution in [2.45, 2.75) is 6.10 Å². The highest BCUT2D eigenvalue weighted by Crippen LogP contribution is 2.26. The molecule has 3 rings (SSSR count). The topological polar surface area (TPSA) is 80.7 Å². The van der Waals surface area contributed by atoms with Crippen molar-refractivity contribution in [3.05, 3.63) is 42.6 Å². The maximum atomic E-state index is 12.4. The first-order valence-electron chi connectivity index (χ1n) is 8.05. The molecule has 2 aromatic rings. The van der Waals surface area contributed by atoms with Gasteiger partial charge in [0, 0.05) is 39.2 Å². The van der Waals surface area contributed by atoms with Gasteiger partial charge in [-0.2, -0.15) is 0 Å². The van der Waals surface area contributed by atoms with Crippen molar-refractivity contribution < 1.29 is 14.3 Å². The van der Waals surface area contributed by atoms with Crippen molar-refractivity contribution >= 4 is 11.7 Å². The van der Waals surface area contributed by atoms with Crippen LogP contribution in [0.2, 0.25) is 0 Å². The molecule has 1 fully saturated rings. The molecule has 1 atom stereocenters. The molecule has 2 aromatic heterocycles. The van der Waals surface area contributed by atoms with Crippen molar-refractivity contribution in [3.8, 4) is 5.75 Å². The minimum atomic E-state index is -0.304. The summed E-state index contributed by atoms with van der Waals surface area (Å²) >= 11 is 0. The van der Waals surface area contributed by atoms with Crippen LogP contribution in [0.5, 0.6) is 5.75 Å². The number of morpholine rings is 1. The van der Waals surface area contributed by atoms with Crippen LogP contribution in [0.1, 0.15) is 11.8 Å². The summed E-state index contributed by atoms with van der Waals surface area (Å²) in [4.78, 5) is 28.8. The highest BCUT2D eigenvalue weighted by atomic mass is 16.5. The average molecular weight is 343 g/mol. The molecule has 0 radical (unpaired) electrons. The van der Waals surface area contributed by atoms with E-state index < -0.39 is 0 Å². The molecular formula is C17H21N5O3. The standard InChI is InChI=1S/C17H21N5O3/c1-21(2)17-16(19-6-7-20-17)14-11-22(8-9-24-14)15(23)12-25-13-4-3-5-18-10-13/h3-7,10,14H,8-9,11-12H2,1-2H3. The van der Waals surface area contributed by atoms with E-state index in [1.165, 1.54) is 0 Å². The van der Waals surface area contributed by atoms with Crippen LogP contribution < -0.4 is 9.64 Å². The zero-order valence-electron chi connectivity index (χ0n) is 14.3. The van der Waals surface area contributed by atoms with E-state index in [2.05, 4.69) is 15.0 Å². The van der Waals surface area contributed by atoms with Gasteiger partial charge in [0.15, 0.2) is 12.4 Å². The Kier molecular flexibility index (Phi) is 5.39. The third-order valence-electron chi connectivity index (χ3n) is 3.85. The van der Waals surface area contributed by atoms with E-state index in [0.29, 0.717) is 25.4 Å². The van der Waals surface area contributed by atoms with Gasteiger partial charge in [-0.3, -0.25) is 14.8 Å². The van der Waals surface area contributed by atoms with Gasteiger partial charge in [0.2, 0.25) is 0 Å². The Bertz CT molecular complexity index is 710. The molecule has 1 amide bonds. The molecule has 1 aliphatic heterocycles. The minimum Gasteiger partial charge on any atom is -0.482 e. The van der Waals surface area contributed by atoms with E-state index >= 15 is 0 Å². The monoisotopic (exact) mass is 343 g/mol. The van der Waals surface area contributed by atoms with E-state index in [1.54, 1.807) is 41.8 Å². The lowest BCUT2D eigenvalue weighted by atomic mass is 10.2. The predicted octanol–water partition coefficient (Wildman–Crippen LogP) is 0.916. The molecule has 3 heterocycles. The van der Waals surface area contributed by atoms with E-state index in [0.717, 1.165) is 11.5 Å². The summed E-state index contributed by atoms with van der Waals surface area (Å²) in [6.07, 6.45) is 6.22. The van der Waals surface area contributed by atoms with Crippen molar-refractivity contribution in [1.29, 1.82) is 0 Å². The highest BCUT2D eigenvalue weighted by molar-refractivity contribution is 5.78. The molecular weight excluding hydrogens is 322 g/mol. The van der Waals surface area contributed by atoms with Gasteiger partial charge < -0.3 is 19.3 Å². The maximum Gasteiger partial charge on any atom is 0.260 e. The summed E-state index contributed by atoms with van der Waals surface area (Å²) in [5.41, 5.74) is 0.734. The molecule has 1 aliphatic rings. The van der Waals surface area contributed by atoms with E-state index in [9.17, 15) is 4.79 Å². The lowest BCUT2D eigenvalue weighted by molar-refractivity contribution is -0.141. The Balaban J connectivity index is 1.64. The van der Waals surface area contributed by atoms with Crippen LogP contribution in [-0.4, -0.2) is 66.2 Å². The molecule has 0 saturated carbocycles. The number of ether oxygens (including phenoxy) is 2. The van der Waals surface area contributed by atoms with Gasteiger partial charge in [-0.05, 0) is 12.1 Å². The molecule has 0 N–H and O–H groups in total. The van der Waals surface area contributed by atoms with E-state index in [1.807, 2.05) is 19.0 Å². The van der Waals surface area contributed by atoms with Crippen LogP contribution in [0.25, 0.3) is 0 Å². The number of pyridine rings is 1. The molecule has 0 aromatic carbocycles. The van der Waals surface area contributed by atoms with E-state index in [4.69, 9.17) is 9.47 Å². The fraction of sp³-hybridized carbons (Fsp3) is 0.412. The number of hydrogen-bond donors (Lipinski definition) is 0. The van der Waals surface area contributed by atoms with Gasteiger partial charge in [0.25, 0.3) is 5.91 Å². The Morgan fingerprint density at radius 3 is 2.96 bits per heavy atom. The average Bonchev–Trinajstić information content (AvgIpc) is 2.67. The Hall–Kier alpha value is -2.74. The molecule has 1 unspecified atom stereocenters. The lowest BCUT2D eigenvalue weighted by Gasteiger charge is -2.33. The summed E-state index contributed by atoms with van der Waals surface area (Å²) < 4.78 is 11.3. The van der Waals surface area contributed by atoms with Crippen LogP contribution in [0.15, 0.2) is 36.9 Å². The summed E-state index contributed by atoms with van der Waals surface area (Å²) in [5.74, 6) is 1.23. The van der Waals surface area contributed by atoms with Gasteiger partial charge in [-0.1, -0.05) is 0 Å². The second-order valence-electron chi connectivity index (χ2n) is 5.84. The lowest BCUT2D eigenvalue weighted by Crippen LogP contribution is -2.44. The normalized spacial score (nSPS) is 17.2. The van der Waals surface area contributed by atoms with Crippen molar-refractivity contribution in [1.82, 2.24) is 19.9 Å². The second-order valence-corrected chi connectivity index (χ2v) is 5.84.